The lowest BCUT2D eigenvalue weighted by molar-refractivity contribution is -0.128. The zero-order chi connectivity index (χ0) is 21.7. The lowest BCUT2D eigenvalue weighted by Gasteiger charge is -2.25. The quantitative estimate of drug-likeness (QED) is 0.607. The summed E-state index contributed by atoms with van der Waals surface area (Å²) in [6.07, 6.45) is 3.19. The van der Waals surface area contributed by atoms with Gasteiger partial charge in [0.2, 0.25) is 5.91 Å². The zero-order valence-corrected chi connectivity index (χ0v) is 17.5. The minimum Gasteiger partial charge on any atom is -0.497 e. The fourth-order valence-electron chi connectivity index (χ4n) is 3.10. The van der Waals surface area contributed by atoms with Crippen LogP contribution in [0.2, 0.25) is 0 Å². The van der Waals surface area contributed by atoms with Crippen molar-refractivity contribution in [1.29, 1.82) is 0 Å². The fourth-order valence-corrected chi connectivity index (χ4v) is 3.10. The van der Waals surface area contributed by atoms with Crippen LogP contribution in [0, 0.1) is 0 Å². The molecule has 3 rings (SSSR count). The van der Waals surface area contributed by atoms with E-state index in [-0.39, 0.29) is 24.1 Å². The minimum atomic E-state index is -0.217. The number of aromatic amines is 1. The van der Waals surface area contributed by atoms with Crippen LogP contribution < -0.4 is 15.0 Å². The first-order valence-corrected chi connectivity index (χ1v) is 9.61. The number of carbonyl (C=O) groups excluding carboxylic acids is 1. The third-order valence-corrected chi connectivity index (χ3v) is 4.73. The molecule has 0 spiro atoms. The summed E-state index contributed by atoms with van der Waals surface area (Å²) in [7, 11) is 3.15. The van der Waals surface area contributed by atoms with Crippen LogP contribution in [-0.2, 0) is 11.3 Å². The number of fused-ring (bicyclic) bond motifs is 1. The summed E-state index contributed by atoms with van der Waals surface area (Å²) in [5.74, 6) is 1.52. The molecule has 0 aliphatic heterocycles. The van der Waals surface area contributed by atoms with Crippen LogP contribution in [0.5, 0.6) is 11.5 Å². The van der Waals surface area contributed by atoms with Crippen molar-refractivity contribution < 1.29 is 14.3 Å². The highest BCUT2D eigenvalue weighted by atomic mass is 16.5. The molecule has 7 heteroatoms. The normalized spacial score (nSPS) is 11.2. The predicted octanol–water partition coefficient (Wildman–Crippen LogP) is 3.39. The van der Waals surface area contributed by atoms with Gasteiger partial charge in [0.25, 0.3) is 5.56 Å². The number of hydrogen-bond acceptors (Lipinski definition) is 5. The van der Waals surface area contributed by atoms with Gasteiger partial charge in [0.15, 0.2) is 0 Å². The second-order valence-corrected chi connectivity index (χ2v) is 7.03. The molecule has 0 radical (unpaired) electrons. The third-order valence-electron chi connectivity index (χ3n) is 4.73. The van der Waals surface area contributed by atoms with E-state index in [1.54, 1.807) is 55.5 Å². The van der Waals surface area contributed by atoms with Crippen molar-refractivity contribution in [2.45, 2.75) is 26.4 Å². The number of methoxy groups -OCH3 is 2. The lowest BCUT2D eigenvalue weighted by atomic mass is 10.1. The number of amides is 1. The molecule has 1 amide bonds. The number of H-pyrrole nitrogens is 1. The average molecular weight is 407 g/mol. The lowest BCUT2D eigenvalue weighted by Crippen LogP contribution is -2.36. The Balaban J connectivity index is 1.84. The molecule has 0 saturated carbocycles. The molecule has 0 unspecified atom stereocenters. The number of para-hydroxylation sites is 1. The fraction of sp³-hybridized carbons (Fsp3) is 0.261. The maximum atomic E-state index is 12.9. The highest BCUT2D eigenvalue weighted by Gasteiger charge is 2.17. The van der Waals surface area contributed by atoms with Crippen LogP contribution in [0.15, 0.2) is 53.3 Å². The first-order chi connectivity index (χ1) is 14.4. The number of nitrogens with zero attached hydrogens (tertiary/aromatic N) is 2. The number of hydrogen-bond donors (Lipinski definition) is 1. The molecule has 1 heterocycles. The Hall–Kier alpha value is -3.61. The van der Waals surface area contributed by atoms with Gasteiger partial charge in [0, 0.05) is 23.7 Å². The molecular formula is C23H25N3O4. The Labute approximate surface area is 175 Å². The van der Waals surface area contributed by atoms with Gasteiger partial charge in [-0.05, 0) is 44.2 Å². The van der Waals surface area contributed by atoms with Crippen LogP contribution >= 0.6 is 0 Å². The van der Waals surface area contributed by atoms with E-state index in [9.17, 15) is 9.59 Å². The van der Waals surface area contributed by atoms with Gasteiger partial charge in [-0.1, -0.05) is 12.1 Å². The van der Waals surface area contributed by atoms with E-state index in [4.69, 9.17) is 9.47 Å². The van der Waals surface area contributed by atoms with E-state index >= 15 is 0 Å². The van der Waals surface area contributed by atoms with Crippen molar-refractivity contribution in [2.75, 3.05) is 14.2 Å². The second-order valence-electron chi connectivity index (χ2n) is 7.03. The first-order valence-electron chi connectivity index (χ1n) is 9.61. The molecule has 1 N–H and O–H groups in total. The van der Waals surface area contributed by atoms with E-state index in [1.165, 1.54) is 6.08 Å². The van der Waals surface area contributed by atoms with Gasteiger partial charge < -0.3 is 19.4 Å². The molecule has 1 aromatic heterocycles. The summed E-state index contributed by atoms with van der Waals surface area (Å²) in [6, 6.07) is 12.4. The molecular weight excluding hydrogens is 382 g/mol. The molecule has 2 aromatic carbocycles. The topological polar surface area (TPSA) is 84.5 Å². The second kappa shape index (κ2) is 9.26. The zero-order valence-electron chi connectivity index (χ0n) is 17.5. The van der Waals surface area contributed by atoms with Gasteiger partial charge in [-0.15, -0.1) is 0 Å². The van der Waals surface area contributed by atoms with Crippen LogP contribution in [0.1, 0.15) is 25.2 Å². The van der Waals surface area contributed by atoms with Gasteiger partial charge in [-0.25, -0.2) is 4.98 Å². The van der Waals surface area contributed by atoms with Crippen molar-refractivity contribution in [2.24, 2.45) is 0 Å². The van der Waals surface area contributed by atoms with Gasteiger partial charge in [-0.2, -0.15) is 0 Å². The number of carbonyl (C=O) groups is 1. The summed E-state index contributed by atoms with van der Waals surface area (Å²) in [5, 5.41) is 0.523. The number of ether oxygens (including phenoxy) is 2. The monoisotopic (exact) mass is 407 g/mol. The SMILES string of the molecule is COc1ccc(/C=C/C(=O)N(Cc2nc3ccccc3c(=O)[nH]2)C(C)C)c(OC)c1. The van der Waals surface area contributed by atoms with E-state index in [2.05, 4.69) is 9.97 Å². The number of nitrogens with one attached hydrogen (secondary N) is 1. The molecule has 0 fully saturated rings. The molecule has 156 valence electrons. The van der Waals surface area contributed by atoms with Crippen molar-refractivity contribution >= 4 is 22.9 Å². The Kier molecular flexibility index (Phi) is 6.51. The largest absolute Gasteiger partial charge is 0.497 e. The number of rotatable bonds is 7. The smallest absolute Gasteiger partial charge is 0.258 e. The Morgan fingerprint density at radius 1 is 1.17 bits per heavy atom. The molecule has 30 heavy (non-hydrogen) atoms. The molecule has 0 atom stereocenters. The predicted molar refractivity (Wildman–Crippen MR) is 117 cm³/mol. The molecule has 0 aliphatic carbocycles. The van der Waals surface area contributed by atoms with Gasteiger partial charge in [0.05, 0.1) is 31.7 Å². The summed E-state index contributed by atoms with van der Waals surface area (Å²) < 4.78 is 10.6. The van der Waals surface area contributed by atoms with E-state index in [1.807, 2.05) is 26.0 Å². The van der Waals surface area contributed by atoms with Crippen molar-refractivity contribution in [3.05, 3.63) is 70.3 Å². The Morgan fingerprint density at radius 3 is 2.63 bits per heavy atom. The highest BCUT2D eigenvalue weighted by Crippen LogP contribution is 2.25. The summed E-state index contributed by atoms with van der Waals surface area (Å²) >= 11 is 0. The van der Waals surface area contributed by atoms with Gasteiger partial charge in [-0.3, -0.25) is 9.59 Å². The van der Waals surface area contributed by atoms with Crippen molar-refractivity contribution in [1.82, 2.24) is 14.9 Å². The molecule has 3 aromatic rings. The van der Waals surface area contributed by atoms with Crippen LogP contribution in [0.3, 0.4) is 0 Å². The Bertz CT molecular complexity index is 1130. The van der Waals surface area contributed by atoms with E-state index < -0.39 is 0 Å². The van der Waals surface area contributed by atoms with Crippen molar-refractivity contribution in [3.63, 3.8) is 0 Å². The Morgan fingerprint density at radius 2 is 1.93 bits per heavy atom. The highest BCUT2D eigenvalue weighted by molar-refractivity contribution is 5.92. The van der Waals surface area contributed by atoms with Gasteiger partial charge in [0.1, 0.15) is 17.3 Å². The maximum absolute atomic E-state index is 12.9. The molecule has 0 saturated heterocycles. The summed E-state index contributed by atoms with van der Waals surface area (Å²) in [4.78, 5) is 34.1. The minimum absolute atomic E-state index is 0.0864. The molecule has 7 nitrogen and oxygen atoms in total. The summed E-state index contributed by atoms with van der Waals surface area (Å²) in [6.45, 7) is 4.03. The first kappa shape index (κ1) is 21.1. The van der Waals surface area contributed by atoms with Crippen LogP contribution in [0.25, 0.3) is 17.0 Å². The molecule has 0 bridgehead atoms. The van der Waals surface area contributed by atoms with E-state index in [0.29, 0.717) is 28.2 Å². The maximum Gasteiger partial charge on any atom is 0.258 e. The third kappa shape index (κ3) is 4.68. The van der Waals surface area contributed by atoms with Crippen molar-refractivity contribution in [3.8, 4) is 11.5 Å². The standard InChI is InChI=1S/C23H25N3O4/c1-15(2)26(14-21-24-19-8-6-5-7-18(19)23(28)25-21)22(27)12-10-16-9-11-17(29-3)13-20(16)30-4/h5-13,15H,14H2,1-4H3,(H,24,25,28)/b12-10+. The number of aromatic nitrogens is 2. The molecule has 0 aliphatic rings. The average Bonchev–Trinajstić information content (AvgIpc) is 2.75. The summed E-state index contributed by atoms with van der Waals surface area (Å²) in [5.41, 5.74) is 1.14. The van der Waals surface area contributed by atoms with Crippen LogP contribution in [-0.4, -0.2) is 41.0 Å². The number of benzene rings is 2. The van der Waals surface area contributed by atoms with E-state index in [0.717, 1.165) is 5.56 Å². The van der Waals surface area contributed by atoms with Gasteiger partial charge >= 0.3 is 0 Å². The van der Waals surface area contributed by atoms with Crippen LogP contribution in [0.4, 0.5) is 0 Å².